The molecule has 2 unspecified atom stereocenters. The van der Waals surface area contributed by atoms with Crippen LogP contribution in [-0.4, -0.2) is 9.97 Å². The van der Waals surface area contributed by atoms with Crippen LogP contribution in [0.5, 0.6) is 0 Å². The number of hydrogen-bond acceptors (Lipinski definition) is 1. The van der Waals surface area contributed by atoms with Crippen molar-refractivity contribution in [2.45, 2.75) is 30.6 Å². The van der Waals surface area contributed by atoms with Crippen LogP contribution < -0.4 is 0 Å². The van der Waals surface area contributed by atoms with Crippen molar-refractivity contribution in [3.05, 3.63) is 89.0 Å². The van der Waals surface area contributed by atoms with Crippen LogP contribution in [0.3, 0.4) is 0 Å². The van der Waals surface area contributed by atoms with Crippen molar-refractivity contribution in [2.24, 2.45) is 0 Å². The summed E-state index contributed by atoms with van der Waals surface area (Å²) < 4.78 is 0. The Morgan fingerprint density at radius 2 is 1.68 bits per heavy atom. The van der Waals surface area contributed by atoms with Crippen molar-refractivity contribution in [1.29, 1.82) is 0 Å². The molecule has 0 bridgehead atoms. The Bertz CT molecular complexity index is 834. The molecular weight excluding hydrogens is 268 g/mol. The molecule has 1 aromatic heterocycles. The molecule has 2 aromatic carbocycles. The molecule has 2 heteroatoms. The van der Waals surface area contributed by atoms with E-state index in [1.807, 2.05) is 6.33 Å². The summed E-state index contributed by atoms with van der Waals surface area (Å²) in [6.45, 7) is 0. The van der Waals surface area contributed by atoms with Crippen LogP contribution in [0.1, 0.15) is 40.3 Å². The average molecular weight is 286 g/mol. The molecule has 0 radical (unpaired) electrons. The lowest BCUT2D eigenvalue weighted by molar-refractivity contribution is 0.345. The van der Waals surface area contributed by atoms with Crippen molar-refractivity contribution in [2.75, 3.05) is 0 Å². The summed E-state index contributed by atoms with van der Waals surface area (Å²) in [6, 6.07) is 17.9. The monoisotopic (exact) mass is 286 g/mol. The number of H-pyrrole nitrogens is 1. The fourth-order valence-corrected chi connectivity index (χ4v) is 4.71. The van der Waals surface area contributed by atoms with Crippen molar-refractivity contribution >= 4 is 0 Å². The molecule has 3 aromatic rings. The second kappa shape index (κ2) is 4.33. The first-order chi connectivity index (χ1) is 10.9. The van der Waals surface area contributed by atoms with Gasteiger partial charge in [-0.15, -0.1) is 0 Å². The first kappa shape index (κ1) is 12.2. The minimum Gasteiger partial charge on any atom is -0.351 e. The molecule has 22 heavy (non-hydrogen) atoms. The molecule has 0 saturated heterocycles. The first-order valence-corrected chi connectivity index (χ1v) is 8.03. The van der Waals surface area contributed by atoms with E-state index in [-0.39, 0.29) is 5.41 Å². The van der Waals surface area contributed by atoms with E-state index in [4.69, 9.17) is 0 Å². The van der Waals surface area contributed by atoms with E-state index in [9.17, 15) is 0 Å². The Morgan fingerprint density at radius 1 is 0.955 bits per heavy atom. The number of fused-ring (bicyclic) bond motifs is 5. The van der Waals surface area contributed by atoms with Crippen molar-refractivity contribution < 1.29 is 0 Å². The van der Waals surface area contributed by atoms with Crippen LogP contribution >= 0.6 is 0 Å². The average Bonchev–Trinajstić information content (AvgIpc) is 3.21. The molecule has 0 amide bonds. The summed E-state index contributed by atoms with van der Waals surface area (Å²) in [7, 11) is 0. The third-order valence-electron chi connectivity index (χ3n) is 5.64. The highest BCUT2D eigenvalue weighted by Gasteiger charge is 2.51. The lowest BCUT2D eigenvalue weighted by atomic mass is 9.63. The van der Waals surface area contributed by atoms with Gasteiger partial charge >= 0.3 is 0 Å². The molecule has 0 fully saturated rings. The maximum absolute atomic E-state index is 4.67. The Kier molecular flexibility index (Phi) is 2.40. The van der Waals surface area contributed by atoms with Gasteiger partial charge in [-0.05, 0) is 41.5 Å². The lowest BCUT2D eigenvalue weighted by Gasteiger charge is -2.40. The SMILES string of the molecule is c1ccc2c(c1)CCC1(c3c[nH]cn3)Cc3ccccc3C21. The highest BCUT2D eigenvalue weighted by atomic mass is 14.9. The summed E-state index contributed by atoms with van der Waals surface area (Å²) in [5.74, 6) is 0.442. The van der Waals surface area contributed by atoms with Crippen LogP contribution in [0, 0.1) is 0 Å². The van der Waals surface area contributed by atoms with Gasteiger partial charge in [0.25, 0.3) is 0 Å². The van der Waals surface area contributed by atoms with Crippen molar-refractivity contribution in [1.82, 2.24) is 9.97 Å². The van der Waals surface area contributed by atoms with Crippen molar-refractivity contribution in [3.63, 3.8) is 0 Å². The van der Waals surface area contributed by atoms with Gasteiger partial charge < -0.3 is 4.98 Å². The van der Waals surface area contributed by atoms with Gasteiger partial charge in [0.05, 0.1) is 12.0 Å². The second-order valence-electron chi connectivity index (χ2n) is 6.62. The van der Waals surface area contributed by atoms with Crippen molar-refractivity contribution in [3.8, 4) is 0 Å². The third-order valence-corrected chi connectivity index (χ3v) is 5.64. The van der Waals surface area contributed by atoms with E-state index in [0.29, 0.717) is 5.92 Å². The van der Waals surface area contributed by atoms with E-state index in [0.717, 1.165) is 12.8 Å². The first-order valence-electron chi connectivity index (χ1n) is 8.03. The molecule has 0 saturated carbocycles. The van der Waals surface area contributed by atoms with Crippen LogP contribution in [0.15, 0.2) is 61.1 Å². The summed E-state index contributed by atoms with van der Waals surface area (Å²) in [6.07, 6.45) is 7.35. The number of benzene rings is 2. The number of nitrogens with zero attached hydrogens (tertiary/aromatic N) is 1. The highest BCUT2D eigenvalue weighted by Crippen LogP contribution is 2.57. The van der Waals surface area contributed by atoms with Crippen LogP contribution in [-0.2, 0) is 18.3 Å². The largest absolute Gasteiger partial charge is 0.351 e. The zero-order valence-electron chi connectivity index (χ0n) is 12.4. The molecule has 2 nitrogen and oxygen atoms in total. The van der Waals surface area contributed by atoms with Gasteiger partial charge in [0, 0.05) is 17.5 Å². The van der Waals surface area contributed by atoms with E-state index in [1.54, 1.807) is 0 Å². The number of nitrogens with one attached hydrogen (secondary N) is 1. The molecule has 0 spiro atoms. The topological polar surface area (TPSA) is 28.7 Å². The van der Waals surface area contributed by atoms with E-state index in [1.165, 1.54) is 34.4 Å². The summed E-state index contributed by atoms with van der Waals surface area (Å²) in [5, 5.41) is 0. The van der Waals surface area contributed by atoms with Gasteiger partial charge in [0.15, 0.2) is 0 Å². The van der Waals surface area contributed by atoms with Gasteiger partial charge in [-0.1, -0.05) is 48.5 Å². The summed E-state index contributed by atoms with van der Waals surface area (Å²) >= 11 is 0. The standard InChI is InChI=1S/C20H18N2/c1-3-7-16-14(5-1)9-10-20(18-12-21-13-22-18)11-15-6-2-4-8-17(15)19(16)20/h1-8,12-13,19H,9-11H2,(H,21,22). The normalized spacial score (nSPS) is 25.4. The molecule has 2 atom stereocenters. The number of rotatable bonds is 1. The van der Waals surface area contributed by atoms with Gasteiger partial charge in [-0.25, -0.2) is 4.98 Å². The fourth-order valence-electron chi connectivity index (χ4n) is 4.71. The number of aryl methyl sites for hydroxylation is 1. The second-order valence-corrected chi connectivity index (χ2v) is 6.62. The maximum Gasteiger partial charge on any atom is 0.0923 e. The van der Waals surface area contributed by atoms with Crippen LogP contribution in [0.4, 0.5) is 0 Å². The Labute approximate surface area is 130 Å². The number of imidazole rings is 1. The van der Waals surface area contributed by atoms with E-state index < -0.39 is 0 Å². The zero-order chi connectivity index (χ0) is 14.6. The molecule has 2 aliphatic carbocycles. The number of aromatic amines is 1. The van der Waals surface area contributed by atoms with Crippen LogP contribution in [0.2, 0.25) is 0 Å². The predicted octanol–water partition coefficient (Wildman–Crippen LogP) is 3.98. The smallest absolute Gasteiger partial charge is 0.0923 e. The Hall–Kier alpha value is -2.35. The molecule has 2 aliphatic rings. The molecular formula is C20H18N2. The fraction of sp³-hybridized carbons (Fsp3) is 0.250. The van der Waals surface area contributed by atoms with E-state index >= 15 is 0 Å². The highest BCUT2D eigenvalue weighted by molar-refractivity contribution is 5.54. The molecule has 1 heterocycles. The third kappa shape index (κ3) is 1.47. The lowest BCUT2D eigenvalue weighted by Crippen LogP contribution is -2.36. The summed E-state index contributed by atoms with van der Waals surface area (Å²) in [4.78, 5) is 7.85. The quantitative estimate of drug-likeness (QED) is 0.720. The Balaban J connectivity index is 1.80. The number of aromatic nitrogens is 2. The van der Waals surface area contributed by atoms with Gasteiger partial charge in [-0.3, -0.25) is 0 Å². The minimum atomic E-state index is 0.123. The molecule has 108 valence electrons. The van der Waals surface area contributed by atoms with Gasteiger partial charge in [-0.2, -0.15) is 0 Å². The summed E-state index contributed by atoms with van der Waals surface area (Å²) in [5.41, 5.74) is 7.35. The zero-order valence-corrected chi connectivity index (χ0v) is 12.4. The van der Waals surface area contributed by atoms with Gasteiger partial charge in [0.2, 0.25) is 0 Å². The van der Waals surface area contributed by atoms with Crippen LogP contribution in [0.25, 0.3) is 0 Å². The number of hydrogen-bond donors (Lipinski definition) is 1. The Morgan fingerprint density at radius 3 is 2.45 bits per heavy atom. The molecule has 0 aliphatic heterocycles. The minimum absolute atomic E-state index is 0.123. The maximum atomic E-state index is 4.67. The molecule has 5 rings (SSSR count). The van der Waals surface area contributed by atoms with Gasteiger partial charge in [0.1, 0.15) is 0 Å². The molecule has 1 N–H and O–H groups in total. The van der Waals surface area contributed by atoms with E-state index in [2.05, 4.69) is 64.7 Å². The predicted molar refractivity (Wildman–Crippen MR) is 87.0 cm³/mol.